The fraction of sp³-hybridized carbons (Fsp3) is 0.467. The van der Waals surface area contributed by atoms with Crippen LogP contribution in [0.3, 0.4) is 0 Å². The SMILES string of the molecule is FC(Oc1cccc(Cl)c1)=C(F)C(F)(F)C(F)(F)C(F)(F)C(F)(F)C(F)(F)C(F)(F)C(F)(F)F. The Morgan fingerprint density at radius 3 is 1.44 bits per heavy atom. The van der Waals surface area contributed by atoms with Gasteiger partial charge in [0, 0.05) is 5.02 Å². The van der Waals surface area contributed by atoms with E-state index in [-0.39, 0.29) is 0 Å². The minimum absolute atomic E-state index is 0.401. The number of allylic oxidation sites excluding steroid dienone is 1. The number of hydrogen-bond acceptors (Lipinski definition) is 1. The minimum atomic E-state index is -8.63. The van der Waals surface area contributed by atoms with Crippen molar-refractivity contribution in [2.75, 3.05) is 0 Å². The fourth-order valence-electron chi connectivity index (χ4n) is 1.91. The quantitative estimate of drug-likeness (QED) is 0.231. The van der Waals surface area contributed by atoms with E-state index in [0.717, 1.165) is 12.1 Å². The molecule has 0 saturated carbocycles. The summed E-state index contributed by atoms with van der Waals surface area (Å²) >= 11 is 5.32. The maximum atomic E-state index is 13.6. The minimum Gasteiger partial charge on any atom is -0.430 e. The smallest absolute Gasteiger partial charge is 0.430 e. The second kappa shape index (κ2) is 8.51. The Kier molecular flexibility index (Phi) is 7.48. The van der Waals surface area contributed by atoms with Gasteiger partial charge in [-0.3, -0.25) is 0 Å². The summed E-state index contributed by atoms with van der Waals surface area (Å²) in [6, 6.07) is -0.661. The first-order chi connectivity index (χ1) is 14.8. The Morgan fingerprint density at radius 2 is 1.03 bits per heavy atom. The highest BCUT2D eigenvalue weighted by molar-refractivity contribution is 6.30. The van der Waals surface area contributed by atoms with E-state index in [1.807, 2.05) is 0 Å². The first kappa shape index (κ1) is 29.9. The molecule has 0 bridgehead atoms. The van der Waals surface area contributed by atoms with Crippen molar-refractivity contribution in [2.45, 2.75) is 41.7 Å². The summed E-state index contributed by atoms with van der Waals surface area (Å²) in [6.45, 7) is 0. The van der Waals surface area contributed by atoms with Crippen molar-refractivity contribution < 1.29 is 79.4 Å². The molecule has 0 fully saturated rings. The zero-order chi connectivity index (χ0) is 27.3. The molecular formula is C15H4ClF17O. The van der Waals surface area contributed by atoms with Gasteiger partial charge in [0.15, 0.2) is 0 Å². The van der Waals surface area contributed by atoms with E-state index in [9.17, 15) is 74.6 Å². The van der Waals surface area contributed by atoms with Crippen molar-refractivity contribution >= 4 is 11.6 Å². The maximum absolute atomic E-state index is 13.6. The molecule has 0 saturated heterocycles. The van der Waals surface area contributed by atoms with E-state index in [1.54, 1.807) is 0 Å². The van der Waals surface area contributed by atoms with E-state index in [1.165, 1.54) is 0 Å². The van der Waals surface area contributed by atoms with Crippen molar-refractivity contribution in [3.8, 4) is 5.75 Å². The molecule has 0 aromatic heterocycles. The van der Waals surface area contributed by atoms with Crippen LogP contribution in [0, 0.1) is 0 Å². The highest BCUT2D eigenvalue weighted by Crippen LogP contribution is 2.63. The van der Waals surface area contributed by atoms with Crippen LogP contribution >= 0.6 is 11.6 Å². The number of alkyl halides is 15. The van der Waals surface area contributed by atoms with Crippen LogP contribution in [0.25, 0.3) is 0 Å². The number of rotatable bonds is 8. The lowest BCUT2D eigenvalue weighted by Crippen LogP contribution is -2.72. The van der Waals surface area contributed by atoms with Crippen LogP contribution in [0.1, 0.15) is 0 Å². The third-order valence-corrected chi connectivity index (χ3v) is 4.01. The summed E-state index contributed by atoms with van der Waals surface area (Å²) in [6.07, 6.45) is -7.78. The van der Waals surface area contributed by atoms with Crippen molar-refractivity contribution in [2.24, 2.45) is 0 Å². The zero-order valence-corrected chi connectivity index (χ0v) is 15.8. The summed E-state index contributed by atoms with van der Waals surface area (Å²) in [5, 5.41) is -0.401. The number of halogens is 18. The molecule has 19 heteroatoms. The molecule has 0 spiro atoms. The molecular weight excluding hydrogens is 555 g/mol. The lowest BCUT2D eigenvalue weighted by atomic mass is 9.91. The Balaban J connectivity index is 3.59. The van der Waals surface area contributed by atoms with Gasteiger partial charge in [0.05, 0.1) is 0 Å². The number of ether oxygens (including phenoxy) is 1. The summed E-state index contributed by atoms with van der Waals surface area (Å²) in [5.74, 6) is -55.2. The monoisotopic (exact) mass is 558 g/mol. The molecule has 0 N–H and O–H groups in total. The lowest BCUT2D eigenvalue weighted by molar-refractivity contribution is -0.451. The molecule has 0 heterocycles. The van der Waals surface area contributed by atoms with Gasteiger partial charge < -0.3 is 4.74 Å². The van der Waals surface area contributed by atoms with Crippen LogP contribution < -0.4 is 4.74 Å². The number of hydrogen-bond donors (Lipinski definition) is 0. The first-order valence-electron chi connectivity index (χ1n) is 7.63. The molecule has 0 unspecified atom stereocenters. The van der Waals surface area contributed by atoms with Gasteiger partial charge in [0.1, 0.15) is 5.75 Å². The van der Waals surface area contributed by atoms with Gasteiger partial charge in [-0.15, -0.1) is 0 Å². The topological polar surface area (TPSA) is 9.23 Å². The number of benzene rings is 1. The average Bonchev–Trinajstić information content (AvgIpc) is 2.65. The summed E-state index contributed by atoms with van der Waals surface area (Å²) in [7, 11) is 0. The fourth-order valence-corrected chi connectivity index (χ4v) is 2.09. The Morgan fingerprint density at radius 1 is 0.618 bits per heavy atom. The van der Waals surface area contributed by atoms with Crippen LogP contribution in [-0.2, 0) is 0 Å². The molecule has 0 aliphatic rings. The zero-order valence-electron chi connectivity index (χ0n) is 15.0. The molecule has 0 aliphatic heterocycles. The summed E-state index contributed by atoms with van der Waals surface area (Å²) in [5.41, 5.74) is 0. The van der Waals surface area contributed by atoms with Crippen LogP contribution in [0.2, 0.25) is 5.02 Å². The highest BCUT2D eigenvalue weighted by atomic mass is 35.5. The van der Waals surface area contributed by atoms with Gasteiger partial charge >= 0.3 is 47.7 Å². The molecule has 34 heavy (non-hydrogen) atoms. The van der Waals surface area contributed by atoms with Crippen LogP contribution in [0.5, 0.6) is 5.75 Å². The van der Waals surface area contributed by atoms with Crippen molar-refractivity contribution in [1.29, 1.82) is 0 Å². The van der Waals surface area contributed by atoms with Gasteiger partial charge in [-0.05, 0) is 18.2 Å². The molecule has 0 amide bonds. The van der Waals surface area contributed by atoms with Gasteiger partial charge in [0.2, 0.25) is 5.83 Å². The van der Waals surface area contributed by atoms with Crippen LogP contribution in [-0.4, -0.2) is 41.7 Å². The third kappa shape index (κ3) is 4.32. The first-order valence-corrected chi connectivity index (χ1v) is 8.01. The normalized spacial score (nSPS) is 15.8. The Hall–Kier alpha value is -2.14. The van der Waals surface area contributed by atoms with Gasteiger partial charge in [-0.2, -0.15) is 74.6 Å². The molecule has 1 aromatic rings. The van der Waals surface area contributed by atoms with Gasteiger partial charge in [0.25, 0.3) is 0 Å². The van der Waals surface area contributed by atoms with Crippen molar-refractivity contribution in [3.05, 3.63) is 41.1 Å². The third-order valence-electron chi connectivity index (χ3n) is 3.78. The molecule has 1 nitrogen and oxygen atoms in total. The van der Waals surface area contributed by atoms with E-state index >= 15 is 0 Å². The standard InChI is InChI=1S/C15H4ClF17O/c16-5-2-1-3-6(4-5)34-8(18)7(17)9(19,20)10(21,22)11(23,24)12(25,26)13(27,28)14(29,30)15(31,32)33/h1-4H. The van der Waals surface area contributed by atoms with Crippen LogP contribution in [0.4, 0.5) is 74.6 Å². The molecule has 0 radical (unpaired) electrons. The van der Waals surface area contributed by atoms with Gasteiger partial charge in [-0.1, -0.05) is 17.7 Å². The highest BCUT2D eigenvalue weighted by Gasteiger charge is 2.93. The predicted molar refractivity (Wildman–Crippen MR) is 77.1 cm³/mol. The van der Waals surface area contributed by atoms with E-state index < -0.39 is 64.3 Å². The second-order valence-electron chi connectivity index (χ2n) is 6.09. The maximum Gasteiger partial charge on any atom is 0.460 e. The molecule has 1 rings (SSSR count). The van der Waals surface area contributed by atoms with Gasteiger partial charge in [-0.25, -0.2) is 0 Å². The van der Waals surface area contributed by atoms with Crippen LogP contribution in [0.15, 0.2) is 36.1 Å². The molecule has 1 aromatic carbocycles. The second-order valence-corrected chi connectivity index (χ2v) is 6.53. The largest absolute Gasteiger partial charge is 0.460 e. The molecule has 196 valence electrons. The predicted octanol–water partition coefficient (Wildman–Crippen LogP) is 8.20. The molecule has 0 aliphatic carbocycles. The lowest BCUT2D eigenvalue weighted by Gasteiger charge is -2.41. The summed E-state index contributed by atoms with van der Waals surface area (Å²) < 4.78 is 226. The van der Waals surface area contributed by atoms with E-state index in [0.29, 0.717) is 12.1 Å². The van der Waals surface area contributed by atoms with Crippen molar-refractivity contribution in [1.82, 2.24) is 0 Å². The average molecular weight is 559 g/mol. The Bertz CT molecular complexity index is 933. The van der Waals surface area contributed by atoms with E-state index in [2.05, 4.69) is 4.74 Å². The molecule has 0 atom stereocenters. The van der Waals surface area contributed by atoms with E-state index in [4.69, 9.17) is 11.6 Å². The Labute approximate surface area is 180 Å². The summed E-state index contributed by atoms with van der Waals surface area (Å²) in [4.78, 5) is 0. The van der Waals surface area contributed by atoms with Crippen molar-refractivity contribution in [3.63, 3.8) is 0 Å².